The molecule has 2 aromatic rings. The maximum absolute atomic E-state index is 13.0. The van der Waals surface area contributed by atoms with Gasteiger partial charge in [-0.3, -0.25) is 4.79 Å². The Balaban J connectivity index is 1.82. The SMILES string of the molecule is CCC(OC(=O)c1cccc(N)c1)C(=O)Nc1sc2c(c1C(=O)OC)CCC(C(C)(C)C)C2. The van der Waals surface area contributed by atoms with Crippen LogP contribution in [0, 0.1) is 11.3 Å². The predicted octanol–water partition coefficient (Wildman–Crippen LogP) is 4.84. The maximum Gasteiger partial charge on any atom is 0.341 e. The molecule has 33 heavy (non-hydrogen) atoms. The summed E-state index contributed by atoms with van der Waals surface area (Å²) in [6.07, 6.45) is 1.86. The Morgan fingerprint density at radius 2 is 1.97 bits per heavy atom. The highest BCUT2D eigenvalue weighted by Gasteiger charge is 2.35. The van der Waals surface area contributed by atoms with Crippen molar-refractivity contribution in [3.05, 3.63) is 45.8 Å². The third kappa shape index (κ3) is 5.55. The molecule has 2 atom stereocenters. The van der Waals surface area contributed by atoms with E-state index in [9.17, 15) is 14.4 Å². The Kier molecular flexibility index (Phi) is 7.47. The summed E-state index contributed by atoms with van der Waals surface area (Å²) in [4.78, 5) is 39.2. The summed E-state index contributed by atoms with van der Waals surface area (Å²) in [5.41, 5.74) is 7.96. The minimum absolute atomic E-state index is 0.152. The summed E-state index contributed by atoms with van der Waals surface area (Å²) in [6.45, 7) is 8.42. The molecule has 0 fully saturated rings. The summed E-state index contributed by atoms with van der Waals surface area (Å²) in [7, 11) is 1.33. The van der Waals surface area contributed by atoms with Crippen molar-refractivity contribution in [2.75, 3.05) is 18.2 Å². The Morgan fingerprint density at radius 3 is 2.58 bits per heavy atom. The molecule has 1 aliphatic carbocycles. The van der Waals surface area contributed by atoms with E-state index in [0.29, 0.717) is 22.2 Å². The number of esters is 2. The number of ether oxygens (including phenoxy) is 2. The largest absolute Gasteiger partial charge is 0.465 e. The molecule has 1 heterocycles. The fraction of sp³-hybridized carbons (Fsp3) is 0.480. The van der Waals surface area contributed by atoms with Gasteiger partial charge in [0.05, 0.1) is 18.2 Å². The van der Waals surface area contributed by atoms with Crippen molar-refractivity contribution in [1.29, 1.82) is 0 Å². The van der Waals surface area contributed by atoms with Crippen LogP contribution in [0.4, 0.5) is 10.7 Å². The summed E-state index contributed by atoms with van der Waals surface area (Å²) >= 11 is 1.41. The van der Waals surface area contributed by atoms with Gasteiger partial charge in [-0.2, -0.15) is 0 Å². The van der Waals surface area contributed by atoms with E-state index in [4.69, 9.17) is 15.2 Å². The third-order valence-electron chi connectivity index (χ3n) is 6.15. The van der Waals surface area contributed by atoms with Crippen LogP contribution in [-0.2, 0) is 27.1 Å². The van der Waals surface area contributed by atoms with Crippen LogP contribution in [-0.4, -0.2) is 31.1 Å². The first-order valence-corrected chi connectivity index (χ1v) is 12.0. The lowest BCUT2D eigenvalue weighted by Crippen LogP contribution is -2.32. The van der Waals surface area contributed by atoms with E-state index in [-0.39, 0.29) is 17.4 Å². The highest BCUT2D eigenvalue weighted by Crippen LogP contribution is 2.44. The quantitative estimate of drug-likeness (QED) is 0.460. The molecular formula is C25H32N2O5S. The summed E-state index contributed by atoms with van der Waals surface area (Å²) < 4.78 is 10.5. The molecule has 0 bridgehead atoms. The second-order valence-electron chi connectivity index (χ2n) is 9.42. The van der Waals surface area contributed by atoms with Gasteiger partial charge < -0.3 is 20.5 Å². The van der Waals surface area contributed by atoms with Gasteiger partial charge in [-0.25, -0.2) is 9.59 Å². The van der Waals surface area contributed by atoms with Crippen LogP contribution in [0.2, 0.25) is 0 Å². The molecule has 1 aromatic heterocycles. The average Bonchev–Trinajstić information content (AvgIpc) is 3.12. The number of amides is 1. The lowest BCUT2D eigenvalue weighted by atomic mass is 9.72. The van der Waals surface area contributed by atoms with Gasteiger partial charge >= 0.3 is 11.9 Å². The summed E-state index contributed by atoms with van der Waals surface area (Å²) in [6, 6.07) is 6.40. The molecule has 1 aliphatic rings. The molecule has 178 valence electrons. The number of thiophene rings is 1. The molecule has 1 amide bonds. The number of nitrogens with one attached hydrogen (secondary N) is 1. The number of nitrogens with two attached hydrogens (primary N) is 1. The number of methoxy groups -OCH3 is 1. The Hall–Kier alpha value is -2.87. The van der Waals surface area contributed by atoms with Crippen LogP contribution in [0.15, 0.2) is 24.3 Å². The lowest BCUT2D eigenvalue weighted by molar-refractivity contribution is -0.124. The molecule has 3 N–H and O–H groups in total. The first-order valence-electron chi connectivity index (χ1n) is 11.1. The maximum atomic E-state index is 13.0. The normalized spacial score (nSPS) is 16.5. The number of anilines is 2. The van der Waals surface area contributed by atoms with E-state index in [1.165, 1.54) is 24.5 Å². The monoisotopic (exact) mass is 472 g/mol. The first kappa shape index (κ1) is 24.8. The fourth-order valence-electron chi connectivity index (χ4n) is 4.11. The van der Waals surface area contributed by atoms with Crippen LogP contribution >= 0.6 is 11.3 Å². The molecule has 0 spiro atoms. The molecule has 0 saturated carbocycles. The molecule has 3 rings (SSSR count). The van der Waals surface area contributed by atoms with Crippen molar-refractivity contribution < 1.29 is 23.9 Å². The highest BCUT2D eigenvalue weighted by atomic mass is 32.1. The van der Waals surface area contributed by atoms with Crippen LogP contribution in [0.5, 0.6) is 0 Å². The van der Waals surface area contributed by atoms with Gasteiger partial charge in [-0.05, 0) is 60.8 Å². The zero-order valence-electron chi connectivity index (χ0n) is 19.8. The van der Waals surface area contributed by atoms with Crippen molar-refractivity contribution in [3.63, 3.8) is 0 Å². The van der Waals surface area contributed by atoms with Gasteiger partial charge in [0.2, 0.25) is 0 Å². The van der Waals surface area contributed by atoms with Gasteiger partial charge in [0.1, 0.15) is 5.00 Å². The molecule has 8 heteroatoms. The second-order valence-corrected chi connectivity index (χ2v) is 10.5. The average molecular weight is 473 g/mol. The molecule has 2 unspecified atom stereocenters. The molecule has 0 saturated heterocycles. The van der Waals surface area contributed by atoms with Gasteiger partial charge in [0.25, 0.3) is 5.91 Å². The number of rotatable bonds is 6. The third-order valence-corrected chi connectivity index (χ3v) is 7.32. The van der Waals surface area contributed by atoms with E-state index >= 15 is 0 Å². The van der Waals surface area contributed by atoms with Crippen molar-refractivity contribution in [1.82, 2.24) is 0 Å². The van der Waals surface area contributed by atoms with E-state index in [2.05, 4.69) is 26.1 Å². The molecule has 7 nitrogen and oxygen atoms in total. The topological polar surface area (TPSA) is 108 Å². The van der Waals surface area contributed by atoms with Gasteiger partial charge in [0, 0.05) is 10.6 Å². The van der Waals surface area contributed by atoms with Crippen molar-refractivity contribution in [2.24, 2.45) is 11.3 Å². The van der Waals surface area contributed by atoms with Crippen molar-refractivity contribution in [3.8, 4) is 0 Å². The summed E-state index contributed by atoms with van der Waals surface area (Å²) in [5, 5.41) is 3.28. The van der Waals surface area contributed by atoms with Crippen LogP contribution in [0.1, 0.15) is 71.7 Å². The Morgan fingerprint density at radius 1 is 1.24 bits per heavy atom. The summed E-state index contributed by atoms with van der Waals surface area (Å²) in [5.74, 6) is -1.09. The minimum Gasteiger partial charge on any atom is -0.465 e. The van der Waals surface area contributed by atoms with E-state index in [1.54, 1.807) is 25.1 Å². The highest BCUT2D eigenvalue weighted by molar-refractivity contribution is 7.17. The van der Waals surface area contributed by atoms with E-state index in [0.717, 1.165) is 29.7 Å². The number of fused-ring (bicyclic) bond motifs is 1. The van der Waals surface area contributed by atoms with Crippen molar-refractivity contribution >= 4 is 39.9 Å². The number of carbonyl (C=O) groups is 3. The molecule has 0 aliphatic heterocycles. The lowest BCUT2D eigenvalue weighted by Gasteiger charge is -2.33. The molecule has 0 radical (unpaired) electrons. The van der Waals surface area contributed by atoms with E-state index < -0.39 is 23.9 Å². The van der Waals surface area contributed by atoms with Crippen LogP contribution in [0.3, 0.4) is 0 Å². The zero-order valence-corrected chi connectivity index (χ0v) is 20.6. The van der Waals surface area contributed by atoms with Crippen molar-refractivity contribution in [2.45, 2.75) is 59.5 Å². The standard InChI is InChI=1S/C25H32N2O5S/c1-6-18(32-23(29)14-8-7-9-16(26)12-14)21(28)27-22-20(24(30)31-5)17-11-10-15(25(2,3)4)13-19(17)33-22/h7-9,12,15,18H,6,10-11,13,26H2,1-5H3,(H,27,28). The van der Waals surface area contributed by atoms with Gasteiger partial charge in [0.15, 0.2) is 6.10 Å². The number of nitrogen functional groups attached to an aromatic ring is 1. The number of hydrogen-bond donors (Lipinski definition) is 2. The fourth-order valence-corrected chi connectivity index (χ4v) is 5.43. The first-order chi connectivity index (χ1) is 15.5. The van der Waals surface area contributed by atoms with Crippen LogP contribution < -0.4 is 11.1 Å². The smallest absolute Gasteiger partial charge is 0.341 e. The van der Waals surface area contributed by atoms with Gasteiger partial charge in [-0.1, -0.05) is 33.8 Å². The number of carbonyl (C=O) groups excluding carboxylic acids is 3. The van der Waals surface area contributed by atoms with Crippen LogP contribution in [0.25, 0.3) is 0 Å². The number of hydrogen-bond acceptors (Lipinski definition) is 7. The molecular weight excluding hydrogens is 440 g/mol. The minimum atomic E-state index is -1.01. The zero-order chi connectivity index (χ0) is 24.3. The Labute approximate surface area is 198 Å². The Bertz CT molecular complexity index is 1050. The van der Waals surface area contributed by atoms with E-state index in [1.807, 2.05) is 0 Å². The second kappa shape index (κ2) is 9.95. The molecule has 1 aromatic carbocycles. The predicted molar refractivity (Wildman–Crippen MR) is 130 cm³/mol. The van der Waals surface area contributed by atoms with Gasteiger partial charge in [-0.15, -0.1) is 11.3 Å². The number of benzene rings is 1.